The Labute approximate surface area is 94.2 Å². The number of hydrogen-bond donors (Lipinski definition) is 1. The van der Waals surface area contributed by atoms with Gasteiger partial charge in [-0.05, 0) is 13.0 Å². The lowest BCUT2D eigenvalue weighted by Crippen LogP contribution is -2.41. The Morgan fingerprint density at radius 1 is 1.50 bits per heavy atom. The first kappa shape index (κ1) is 10.9. The maximum Gasteiger partial charge on any atom is 0.257 e. The van der Waals surface area contributed by atoms with Crippen LogP contribution in [-0.4, -0.2) is 42.1 Å². The first-order valence-corrected chi connectivity index (χ1v) is 5.27. The predicted molar refractivity (Wildman–Crippen MR) is 60.1 cm³/mol. The molecule has 16 heavy (non-hydrogen) atoms. The van der Waals surface area contributed by atoms with Crippen molar-refractivity contribution in [1.82, 2.24) is 9.88 Å². The number of amides is 1. The largest absolute Gasteiger partial charge is 0.398 e. The van der Waals surface area contributed by atoms with E-state index < -0.39 is 0 Å². The number of nitrogens with zero attached hydrogens (tertiary/aromatic N) is 2. The Balaban J connectivity index is 2.19. The van der Waals surface area contributed by atoms with E-state index in [-0.39, 0.29) is 5.91 Å². The van der Waals surface area contributed by atoms with E-state index in [2.05, 4.69) is 4.98 Å². The molecule has 1 saturated heterocycles. The number of carbonyl (C=O) groups excluding carboxylic acids is 1. The number of nitrogens with two attached hydrogens (primary N) is 1. The second kappa shape index (κ2) is 4.49. The van der Waals surface area contributed by atoms with Crippen molar-refractivity contribution in [2.75, 3.05) is 32.0 Å². The number of anilines is 1. The minimum absolute atomic E-state index is 0.0618. The van der Waals surface area contributed by atoms with Gasteiger partial charge in [0.1, 0.15) is 0 Å². The van der Waals surface area contributed by atoms with Crippen molar-refractivity contribution in [3.63, 3.8) is 0 Å². The molecule has 0 unspecified atom stereocenters. The fourth-order valence-electron chi connectivity index (χ4n) is 1.70. The molecule has 1 aliphatic heterocycles. The normalized spacial score (nSPS) is 16.2. The minimum atomic E-state index is -0.0618. The molecule has 0 spiro atoms. The molecule has 0 bridgehead atoms. The highest BCUT2D eigenvalue weighted by Crippen LogP contribution is 2.14. The molecule has 0 aliphatic carbocycles. The molecule has 1 fully saturated rings. The molecule has 86 valence electrons. The van der Waals surface area contributed by atoms with E-state index in [9.17, 15) is 4.79 Å². The monoisotopic (exact) mass is 221 g/mol. The molecule has 0 aromatic carbocycles. The molecular weight excluding hydrogens is 206 g/mol. The van der Waals surface area contributed by atoms with Gasteiger partial charge in [-0.1, -0.05) is 0 Å². The summed E-state index contributed by atoms with van der Waals surface area (Å²) in [5, 5.41) is 0. The van der Waals surface area contributed by atoms with Gasteiger partial charge in [0, 0.05) is 30.7 Å². The van der Waals surface area contributed by atoms with Crippen molar-refractivity contribution in [2.45, 2.75) is 6.92 Å². The van der Waals surface area contributed by atoms with Gasteiger partial charge in [0.05, 0.1) is 18.8 Å². The van der Waals surface area contributed by atoms with Gasteiger partial charge in [-0.2, -0.15) is 0 Å². The van der Waals surface area contributed by atoms with Crippen molar-refractivity contribution in [2.24, 2.45) is 0 Å². The number of rotatable bonds is 1. The maximum absolute atomic E-state index is 12.1. The van der Waals surface area contributed by atoms with E-state index in [4.69, 9.17) is 10.5 Å². The van der Waals surface area contributed by atoms with Gasteiger partial charge in [0.2, 0.25) is 0 Å². The first-order chi connectivity index (χ1) is 7.68. The van der Waals surface area contributed by atoms with Gasteiger partial charge >= 0.3 is 0 Å². The van der Waals surface area contributed by atoms with Crippen LogP contribution < -0.4 is 5.73 Å². The summed E-state index contributed by atoms with van der Waals surface area (Å²) in [7, 11) is 0. The van der Waals surface area contributed by atoms with E-state index in [1.807, 2.05) is 6.92 Å². The molecule has 2 N–H and O–H groups in total. The fraction of sp³-hybridized carbons (Fsp3) is 0.455. The number of morpholine rings is 1. The van der Waals surface area contributed by atoms with Crippen LogP contribution in [0.2, 0.25) is 0 Å². The zero-order valence-corrected chi connectivity index (χ0v) is 9.27. The summed E-state index contributed by atoms with van der Waals surface area (Å²) in [6.45, 7) is 4.26. The standard InChI is InChI=1S/C11H15N3O2/c1-8-6-10(12)9(7-13-8)11(15)14-2-4-16-5-3-14/h6-7H,2-5H2,1H3,(H2,12,13). The summed E-state index contributed by atoms with van der Waals surface area (Å²) in [5.41, 5.74) is 7.59. The summed E-state index contributed by atoms with van der Waals surface area (Å²) in [6.07, 6.45) is 1.54. The van der Waals surface area contributed by atoms with Crippen molar-refractivity contribution >= 4 is 11.6 Å². The third-order valence-electron chi connectivity index (χ3n) is 2.60. The topological polar surface area (TPSA) is 68.5 Å². The lowest BCUT2D eigenvalue weighted by atomic mass is 10.2. The Kier molecular flexibility index (Phi) is 3.05. The second-order valence-corrected chi connectivity index (χ2v) is 3.82. The number of nitrogen functional groups attached to an aromatic ring is 1. The number of ether oxygens (including phenoxy) is 1. The van der Waals surface area contributed by atoms with Gasteiger partial charge in [0.15, 0.2) is 0 Å². The molecule has 0 saturated carbocycles. The molecule has 5 heteroatoms. The highest BCUT2D eigenvalue weighted by Gasteiger charge is 2.20. The molecule has 2 rings (SSSR count). The third-order valence-corrected chi connectivity index (χ3v) is 2.60. The Bertz CT molecular complexity index is 400. The maximum atomic E-state index is 12.1. The molecule has 0 atom stereocenters. The minimum Gasteiger partial charge on any atom is -0.398 e. The van der Waals surface area contributed by atoms with Gasteiger partial charge in [0.25, 0.3) is 5.91 Å². The van der Waals surface area contributed by atoms with Crippen LogP contribution in [0.1, 0.15) is 16.1 Å². The van der Waals surface area contributed by atoms with E-state index in [0.717, 1.165) is 5.69 Å². The zero-order chi connectivity index (χ0) is 11.5. The number of aromatic nitrogens is 1. The molecule has 1 aromatic heterocycles. The van der Waals surface area contributed by atoms with Crippen molar-refractivity contribution in [3.8, 4) is 0 Å². The molecular formula is C11H15N3O2. The van der Waals surface area contributed by atoms with Gasteiger partial charge in [-0.15, -0.1) is 0 Å². The molecule has 2 heterocycles. The SMILES string of the molecule is Cc1cc(N)c(C(=O)N2CCOCC2)cn1. The van der Waals surface area contributed by atoms with Gasteiger partial charge in [-0.3, -0.25) is 9.78 Å². The van der Waals surface area contributed by atoms with E-state index >= 15 is 0 Å². The zero-order valence-electron chi connectivity index (χ0n) is 9.27. The average Bonchev–Trinajstić information content (AvgIpc) is 2.29. The van der Waals surface area contributed by atoms with Crippen LogP contribution in [0.25, 0.3) is 0 Å². The molecule has 0 radical (unpaired) electrons. The lowest BCUT2D eigenvalue weighted by molar-refractivity contribution is 0.0303. The van der Waals surface area contributed by atoms with Gasteiger partial charge < -0.3 is 15.4 Å². The van der Waals surface area contributed by atoms with Crippen molar-refractivity contribution < 1.29 is 9.53 Å². The van der Waals surface area contributed by atoms with Crippen LogP contribution in [0.4, 0.5) is 5.69 Å². The van der Waals surface area contributed by atoms with E-state index in [1.165, 1.54) is 0 Å². The van der Waals surface area contributed by atoms with Crippen LogP contribution in [0.15, 0.2) is 12.3 Å². The number of pyridine rings is 1. The smallest absolute Gasteiger partial charge is 0.257 e. The Morgan fingerprint density at radius 2 is 2.19 bits per heavy atom. The molecule has 1 aliphatic rings. The summed E-state index contributed by atoms with van der Waals surface area (Å²) >= 11 is 0. The highest BCUT2D eigenvalue weighted by atomic mass is 16.5. The molecule has 1 amide bonds. The number of hydrogen-bond acceptors (Lipinski definition) is 4. The number of aryl methyl sites for hydroxylation is 1. The first-order valence-electron chi connectivity index (χ1n) is 5.27. The van der Waals surface area contributed by atoms with Crippen molar-refractivity contribution in [3.05, 3.63) is 23.5 Å². The molecule has 1 aromatic rings. The van der Waals surface area contributed by atoms with E-state index in [1.54, 1.807) is 17.2 Å². The third kappa shape index (κ3) is 2.14. The van der Waals surface area contributed by atoms with Crippen LogP contribution in [0, 0.1) is 6.92 Å². The molecule has 5 nitrogen and oxygen atoms in total. The summed E-state index contributed by atoms with van der Waals surface area (Å²) in [6, 6.07) is 1.72. The average molecular weight is 221 g/mol. The van der Waals surface area contributed by atoms with E-state index in [0.29, 0.717) is 37.6 Å². The van der Waals surface area contributed by atoms with Crippen LogP contribution in [0.3, 0.4) is 0 Å². The Hall–Kier alpha value is -1.62. The number of carbonyl (C=O) groups is 1. The van der Waals surface area contributed by atoms with Crippen molar-refractivity contribution in [1.29, 1.82) is 0 Å². The van der Waals surface area contributed by atoms with Gasteiger partial charge in [-0.25, -0.2) is 0 Å². The lowest BCUT2D eigenvalue weighted by Gasteiger charge is -2.27. The fourth-order valence-corrected chi connectivity index (χ4v) is 1.70. The van der Waals surface area contributed by atoms with Crippen LogP contribution in [-0.2, 0) is 4.74 Å². The Morgan fingerprint density at radius 3 is 2.81 bits per heavy atom. The second-order valence-electron chi connectivity index (χ2n) is 3.82. The predicted octanol–water partition coefficient (Wildman–Crippen LogP) is 0.445. The summed E-state index contributed by atoms with van der Waals surface area (Å²) in [4.78, 5) is 17.9. The quantitative estimate of drug-likeness (QED) is 0.747. The summed E-state index contributed by atoms with van der Waals surface area (Å²) in [5.74, 6) is -0.0618. The van der Waals surface area contributed by atoms with Crippen LogP contribution >= 0.6 is 0 Å². The van der Waals surface area contributed by atoms with Crippen LogP contribution in [0.5, 0.6) is 0 Å². The summed E-state index contributed by atoms with van der Waals surface area (Å²) < 4.78 is 5.19. The highest BCUT2D eigenvalue weighted by molar-refractivity contribution is 5.98.